The molecule has 7 heteroatoms. The fourth-order valence-corrected chi connectivity index (χ4v) is 3.51. The molecule has 31 heavy (non-hydrogen) atoms. The van der Waals surface area contributed by atoms with Crippen LogP contribution in [0.25, 0.3) is 0 Å². The molecule has 166 valence electrons. The van der Waals surface area contributed by atoms with Crippen LogP contribution >= 0.6 is 11.8 Å². The van der Waals surface area contributed by atoms with Crippen molar-refractivity contribution in [3.63, 3.8) is 0 Å². The lowest BCUT2D eigenvalue weighted by atomic mass is 9.97. The predicted molar refractivity (Wildman–Crippen MR) is 121 cm³/mol. The van der Waals surface area contributed by atoms with Gasteiger partial charge in [0.15, 0.2) is 0 Å². The number of hydrogen-bond acceptors (Lipinski definition) is 5. The van der Waals surface area contributed by atoms with Gasteiger partial charge in [0, 0.05) is 12.0 Å². The van der Waals surface area contributed by atoms with Crippen LogP contribution in [0.4, 0.5) is 9.18 Å². The van der Waals surface area contributed by atoms with Crippen molar-refractivity contribution in [1.29, 1.82) is 5.26 Å². The van der Waals surface area contributed by atoms with Gasteiger partial charge in [-0.1, -0.05) is 48.5 Å². The van der Waals surface area contributed by atoms with Gasteiger partial charge in [0.05, 0.1) is 30.1 Å². The van der Waals surface area contributed by atoms with Crippen LogP contribution in [-0.2, 0) is 16.1 Å². The zero-order valence-electron chi connectivity index (χ0n) is 18.3. The Kier molecular flexibility index (Phi) is 9.35. The maximum atomic E-state index is 14.7. The predicted octanol–water partition coefficient (Wildman–Crippen LogP) is 5.62. The Labute approximate surface area is 187 Å². The first-order valence-electron chi connectivity index (χ1n) is 10.1. The van der Waals surface area contributed by atoms with Gasteiger partial charge in [0.2, 0.25) is 0 Å². The molecule has 0 aliphatic heterocycles. The second-order valence-electron chi connectivity index (χ2n) is 8.07. The maximum absolute atomic E-state index is 14.7. The highest BCUT2D eigenvalue weighted by Gasteiger charge is 2.32. The van der Waals surface area contributed by atoms with Gasteiger partial charge in [-0.25, -0.2) is 9.18 Å². The van der Waals surface area contributed by atoms with Crippen LogP contribution in [0.2, 0.25) is 0 Å². The quantitative estimate of drug-likeness (QED) is 0.543. The molecule has 1 amide bonds. The molecular formula is C24H29FN2O3S. The van der Waals surface area contributed by atoms with Gasteiger partial charge in [0.1, 0.15) is 11.4 Å². The first-order valence-corrected chi connectivity index (χ1v) is 11.3. The van der Waals surface area contributed by atoms with E-state index < -0.39 is 29.7 Å². The number of halogens is 1. The summed E-state index contributed by atoms with van der Waals surface area (Å²) >= 11 is 1.39. The van der Waals surface area contributed by atoms with Gasteiger partial charge >= 0.3 is 6.09 Å². The average Bonchev–Trinajstić information content (AvgIpc) is 2.72. The molecule has 0 fully saturated rings. The SMILES string of the molecule is CSC(C#N)CC(OCc1ccccc1)C(NC(=O)OC(C)(C)C)c1ccccc1F. The van der Waals surface area contributed by atoms with E-state index in [0.29, 0.717) is 6.42 Å². The van der Waals surface area contributed by atoms with Gasteiger partial charge in [-0.15, -0.1) is 11.8 Å². The lowest BCUT2D eigenvalue weighted by molar-refractivity contribution is 0.00140. The number of rotatable bonds is 9. The van der Waals surface area contributed by atoms with Crippen molar-refractivity contribution >= 4 is 17.9 Å². The third-order valence-corrected chi connectivity index (χ3v) is 5.33. The number of nitriles is 1. The zero-order chi connectivity index (χ0) is 22.9. The molecule has 3 atom stereocenters. The normalized spacial score (nSPS) is 14.2. The van der Waals surface area contributed by atoms with Crippen molar-refractivity contribution in [1.82, 2.24) is 5.32 Å². The van der Waals surface area contributed by atoms with Crippen LogP contribution in [-0.4, -0.2) is 29.3 Å². The smallest absolute Gasteiger partial charge is 0.408 e. The summed E-state index contributed by atoms with van der Waals surface area (Å²) in [4.78, 5) is 12.6. The van der Waals surface area contributed by atoms with E-state index in [2.05, 4.69) is 11.4 Å². The molecule has 0 radical (unpaired) electrons. The van der Waals surface area contributed by atoms with Crippen molar-refractivity contribution in [2.45, 2.75) is 56.8 Å². The summed E-state index contributed by atoms with van der Waals surface area (Å²) in [5.41, 5.74) is 0.512. The van der Waals surface area contributed by atoms with E-state index in [1.54, 1.807) is 39.0 Å². The molecule has 0 aliphatic rings. The number of hydrogen-bond donors (Lipinski definition) is 1. The van der Waals surface area contributed by atoms with Crippen LogP contribution in [0, 0.1) is 17.1 Å². The first-order chi connectivity index (χ1) is 14.7. The van der Waals surface area contributed by atoms with Crippen molar-refractivity contribution in [2.24, 2.45) is 0 Å². The Bertz CT molecular complexity index is 880. The summed E-state index contributed by atoms with van der Waals surface area (Å²) in [5.74, 6) is -0.463. The van der Waals surface area contributed by atoms with E-state index in [9.17, 15) is 14.4 Å². The topological polar surface area (TPSA) is 71.3 Å². The van der Waals surface area contributed by atoms with Crippen molar-refractivity contribution < 1.29 is 18.7 Å². The minimum atomic E-state index is -0.831. The number of ether oxygens (including phenoxy) is 2. The number of nitrogens with one attached hydrogen (secondary N) is 1. The number of thioether (sulfide) groups is 1. The maximum Gasteiger partial charge on any atom is 0.408 e. The molecule has 0 bridgehead atoms. The highest BCUT2D eigenvalue weighted by atomic mass is 32.2. The van der Waals surface area contributed by atoms with E-state index in [1.807, 2.05) is 36.6 Å². The molecule has 0 heterocycles. The van der Waals surface area contributed by atoms with E-state index >= 15 is 0 Å². The Morgan fingerprint density at radius 1 is 1.16 bits per heavy atom. The van der Waals surface area contributed by atoms with Gasteiger partial charge in [-0.3, -0.25) is 0 Å². The van der Waals surface area contributed by atoms with Crippen molar-refractivity contribution in [3.05, 3.63) is 71.5 Å². The van der Waals surface area contributed by atoms with E-state index in [4.69, 9.17) is 9.47 Å². The molecule has 0 spiro atoms. The molecule has 0 saturated heterocycles. The van der Waals surface area contributed by atoms with Crippen molar-refractivity contribution in [2.75, 3.05) is 6.26 Å². The molecule has 3 unspecified atom stereocenters. The number of alkyl carbamates (subject to hydrolysis) is 1. The highest BCUT2D eigenvalue weighted by Crippen LogP contribution is 2.29. The first kappa shape index (κ1) is 24.7. The third kappa shape index (κ3) is 8.23. The van der Waals surface area contributed by atoms with E-state index in [-0.39, 0.29) is 17.4 Å². The third-order valence-electron chi connectivity index (χ3n) is 4.47. The molecule has 0 aromatic heterocycles. The molecule has 0 saturated carbocycles. The highest BCUT2D eigenvalue weighted by molar-refractivity contribution is 7.99. The lowest BCUT2D eigenvalue weighted by Gasteiger charge is -2.31. The lowest BCUT2D eigenvalue weighted by Crippen LogP contribution is -2.42. The van der Waals surface area contributed by atoms with Crippen LogP contribution in [0.15, 0.2) is 54.6 Å². The summed E-state index contributed by atoms with van der Waals surface area (Å²) < 4.78 is 26.3. The fraction of sp³-hybridized carbons (Fsp3) is 0.417. The summed E-state index contributed by atoms with van der Waals surface area (Å²) in [6.45, 7) is 5.54. The summed E-state index contributed by atoms with van der Waals surface area (Å²) in [5, 5.41) is 11.9. The zero-order valence-corrected chi connectivity index (χ0v) is 19.1. The minimum absolute atomic E-state index is 0.263. The van der Waals surface area contributed by atoms with E-state index in [1.165, 1.54) is 17.8 Å². The number of carbonyl (C=O) groups is 1. The second-order valence-corrected chi connectivity index (χ2v) is 9.11. The number of amides is 1. The van der Waals surface area contributed by atoms with Crippen LogP contribution in [0.1, 0.15) is 44.4 Å². The molecule has 2 rings (SSSR count). The number of carbonyl (C=O) groups excluding carboxylic acids is 1. The number of benzene rings is 2. The fourth-order valence-electron chi connectivity index (χ4n) is 3.02. The Morgan fingerprint density at radius 2 is 1.81 bits per heavy atom. The summed E-state index contributed by atoms with van der Waals surface area (Å²) in [6, 6.07) is 17.2. The molecule has 2 aromatic rings. The van der Waals surface area contributed by atoms with Crippen molar-refractivity contribution in [3.8, 4) is 6.07 Å². The molecule has 0 aliphatic carbocycles. The van der Waals surface area contributed by atoms with Gasteiger partial charge in [-0.2, -0.15) is 5.26 Å². The second kappa shape index (κ2) is 11.7. The molecule has 1 N–H and O–H groups in total. The largest absolute Gasteiger partial charge is 0.444 e. The monoisotopic (exact) mass is 444 g/mol. The summed E-state index contributed by atoms with van der Waals surface area (Å²) in [7, 11) is 0. The molecule has 2 aromatic carbocycles. The van der Waals surface area contributed by atoms with Gasteiger partial charge in [-0.05, 0) is 38.7 Å². The molecular weight excluding hydrogens is 415 g/mol. The Morgan fingerprint density at radius 3 is 2.39 bits per heavy atom. The average molecular weight is 445 g/mol. The van der Waals surface area contributed by atoms with E-state index in [0.717, 1.165) is 5.56 Å². The Balaban J connectivity index is 2.36. The van der Waals surface area contributed by atoms with Gasteiger partial charge in [0.25, 0.3) is 0 Å². The van der Waals surface area contributed by atoms with Gasteiger partial charge < -0.3 is 14.8 Å². The van der Waals surface area contributed by atoms with Crippen LogP contribution in [0.5, 0.6) is 0 Å². The standard InChI is InChI=1S/C24H29FN2O3S/c1-24(2,3)30-23(28)27-22(19-12-8-9-13-20(19)25)21(14-18(15-26)31-4)29-16-17-10-6-5-7-11-17/h5-13,18,21-22H,14,16H2,1-4H3,(H,27,28). The Hall–Kier alpha value is -2.56. The number of nitrogens with zero attached hydrogens (tertiary/aromatic N) is 1. The molecule has 5 nitrogen and oxygen atoms in total. The van der Waals surface area contributed by atoms with Crippen LogP contribution < -0.4 is 5.32 Å². The van der Waals surface area contributed by atoms with Crippen LogP contribution in [0.3, 0.4) is 0 Å². The minimum Gasteiger partial charge on any atom is -0.444 e. The summed E-state index contributed by atoms with van der Waals surface area (Å²) in [6.07, 6.45) is 0.814.